The predicted octanol–water partition coefficient (Wildman–Crippen LogP) is 1.92. The number of hydrogen-bond acceptors (Lipinski definition) is 7. The van der Waals surface area contributed by atoms with E-state index < -0.39 is 6.41 Å². The van der Waals surface area contributed by atoms with Crippen molar-refractivity contribution in [3.8, 4) is 0 Å². The Morgan fingerprint density at radius 1 is 1.23 bits per heavy atom. The summed E-state index contributed by atoms with van der Waals surface area (Å²) in [5.41, 5.74) is 8.01. The summed E-state index contributed by atoms with van der Waals surface area (Å²) >= 11 is 6.07. The Bertz CT molecular complexity index is 856. The molecular formula is C17H21ClN6O2. The van der Waals surface area contributed by atoms with E-state index in [9.17, 15) is 5.11 Å². The molecule has 0 aliphatic heterocycles. The fourth-order valence-corrected chi connectivity index (χ4v) is 2.74. The molecule has 0 spiro atoms. The van der Waals surface area contributed by atoms with Crippen LogP contribution >= 0.6 is 11.6 Å². The van der Waals surface area contributed by atoms with Crippen molar-refractivity contribution in [3.05, 3.63) is 47.5 Å². The second-order valence-corrected chi connectivity index (χ2v) is 6.18. The molecule has 0 saturated heterocycles. The number of imidazole rings is 1. The SMILES string of the molecule is Nc1ncnc2c1ncn2CCCCOC(O)NCc1ccccc1Cl. The van der Waals surface area contributed by atoms with Gasteiger partial charge in [0.2, 0.25) is 6.41 Å². The van der Waals surface area contributed by atoms with Gasteiger partial charge in [0.15, 0.2) is 11.5 Å². The highest BCUT2D eigenvalue weighted by Crippen LogP contribution is 2.15. The first-order valence-electron chi connectivity index (χ1n) is 8.33. The van der Waals surface area contributed by atoms with Crippen LogP contribution in [0.5, 0.6) is 0 Å². The van der Waals surface area contributed by atoms with E-state index in [-0.39, 0.29) is 0 Å². The largest absolute Gasteiger partial charge is 0.382 e. The van der Waals surface area contributed by atoms with E-state index in [0.29, 0.717) is 29.5 Å². The van der Waals surface area contributed by atoms with Gasteiger partial charge in [0.1, 0.15) is 11.8 Å². The first kappa shape index (κ1) is 18.5. The number of halogens is 1. The van der Waals surface area contributed by atoms with Crippen molar-refractivity contribution >= 4 is 28.6 Å². The Balaban J connectivity index is 1.36. The molecule has 9 heteroatoms. The lowest BCUT2D eigenvalue weighted by atomic mass is 10.2. The molecule has 2 heterocycles. The number of aryl methyl sites for hydroxylation is 1. The quantitative estimate of drug-likeness (QED) is 0.386. The Kier molecular flexibility index (Phi) is 6.35. The Labute approximate surface area is 156 Å². The maximum atomic E-state index is 9.83. The van der Waals surface area contributed by atoms with E-state index >= 15 is 0 Å². The number of fused-ring (bicyclic) bond motifs is 1. The molecule has 0 amide bonds. The van der Waals surface area contributed by atoms with E-state index in [1.54, 1.807) is 6.33 Å². The summed E-state index contributed by atoms with van der Waals surface area (Å²) in [5, 5.41) is 13.4. The molecule has 0 bridgehead atoms. The Morgan fingerprint density at radius 2 is 2.08 bits per heavy atom. The molecule has 138 valence electrons. The summed E-state index contributed by atoms with van der Waals surface area (Å²) < 4.78 is 7.29. The second-order valence-electron chi connectivity index (χ2n) is 5.77. The van der Waals surface area contributed by atoms with Crippen molar-refractivity contribution in [1.82, 2.24) is 24.8 Å². The van der Waals surface area contributed by atoms with Crippen LogP contribution in [0.15, 0.2) is 36.9 Å². The van der Waals surface area contributed by atoms with Gasteiger partial charge in [0.25, 0.3) is 0 Å². The summed E-state index contributed by atoms with van der Waals surface area (Å²) in [5.74, 6) is 0.379. The molecule has 3 aromatic rings. The molecule has 26 heavy (non-hydrogen) atoms. The van der Waals surface area contributed by atoms with Gasteiger partial charge in [0, 0.05) is 18.1 Å². The minimum Gasteiger partial charge on any atom is -0.382 e. The van der Waals surface area contributed by atoms with Crippen LogP contribution in [0.25, 0.3) is 11.2 Å². The molecule has 3 rings (SSSR count). The number of aliphatic hydroxyl groups excluding tert-OH is 1. The van der Waals surface area contributed by atoms with E-state index in [4.69, 9.17) is 22.1 Å². The third-order valence-electron chi connectivity index (χ3n) is 3.92. The van der Waals surface area contributed by atoms with Crippen molar-refractivity contribution < 1.29 is 9.84 Å². The minimum absolute atomic E-state index is 0.379. The van der Waals surface area contributed by atoms with Gasteiger partial charge in [-0.05, 0) is 24.5 Å². The topological polar surface area (TPSA) is 111 Å². The lowest BCUT2D eigenvalue weighted by Crippen LogP contribution is -2.31. The molecular weight excluding hydrogens is 356 g/mol. The summed E-state index contributed by atoms with van der Waals surface area (Å²) in [6.45, 7) is 1.60. The number of nitrogens with zero attached hydrogens (tertiary/aromatic N) is 4. The zero-order chi connectivity index (χ0) is 18.4. The zero-order valence-corrected chi connectivity index (χ0v) is 14.9. The summed E-state index contributed by atoms with van der Waals surface area (Å²) in [7, 11) is 0. The number of unbranched alkanes of at least 4 members (excludes halogenated alkanes) is 1. The molecule has 0 fully saturated rings. The van der Waals surface area contributed by atoms with Gasteiger partial charge < -0.3 is 20.1 Å². The molecule has 0 radical (unpaired) electrons. The van der Waals surface area contributed by atoms with Gasteiger partial charge in [-0.15, -0.1) is 0 Å². The standard InChI is InChI=1S/C17H21ClN6O2/c18-13-6-2-1-5-12(13)9-20-17(25)26-8-4-3-7-24-11-23-14-15(19)21-10-22-16(14)24/h1-2,5-6,10-11,17,20,25H,3-4,7-9H2,(H2,19,21,22). The number of aromatic nitrogens is 4. The van der Waals surface area contributed by atoms with Gasteiger partial charge >= 0.3 is 0 Å². The van der Waals surface area contributed by atoms with Crippen molar-refractivity contribution in [3.63, 3.8) is 0 Å². The van der Waals surface area contributed by atoms with Crippen LogP contribution in [0.1, 0.15) is 18.4 Å². The van der Waals surface area contributed by atoms with Gasteiger partial charge in [-0.25, -0.2) is 15.0 Å². The first-order chi connectivity index (χ1) is 12.6. The van der Waals surface area contributed by atoms with Gasteiger partial charge in [-0.2, -0.15) is 0 Å². The highest BCUT2D eigenvalue weighted by atomic mass is 35.5. The minimum atomic E-state index is -1.03. The van der Waals surface area contributed by atoms with E-state index in [2.05, 4.69) is 20.3 Å². The van der Waals surface area contributed by atoms with Crippen LogP contribution in [0.4, 0.5) is 5.82 Å². The lowest BCUT2D eigenvalue weighted by Gasteiger charge is -2.14. The van der Waals surface area contributed by atoms with Gasteiger partial charge in [0.05, 0.1) is 12.9 Å². The monoisotopic (exact) mass is 376 g/mol. The van der Waals surface area contributed by atoms with E-state index in [0.717, 1.165) is 30.6 Å². The predicted molar refractivity (Wildman–Crippen MR) is 99.2 cm³/mol. The lowest BCUT2D eigenvalue weighted by molar-refractivity contribution is -0.122. The number of ether oxygens (including phenoxy) is 1. The number of anilines is 1. The van der Waals surface area contributed by atoms with E-state index in [1.807, 2.05) is 28.8 Å². The number of rotatable bonds is 9. The summed E-state index contributed by atoms with van der Waals surface area (Å²) in [6, 6.07) is 7.47. The molecule has 1 aromatic carbocycles. The Hall–Kier alpha value is -2.26. The van der Waals surface area contributed by atoms with Crippen molar-refractivity contribution in [2.24, 2.45) is 0 Å². The highest BCUT2D eigenvalue weighted by Gasteiger charge is 2.08. The Morgan fingerprint density at radius 3 is 2.92 bits per heavy atom. The number of nitrogen functional groups attached to an aromatic ring is 1. The molecule has 8 nitrogen and oxygen atoms in total. The molecule has 0 aliphatic carbocycles. The first-order valence-corrected chi connectivity index (χ1v) is 8.70. The highest BCUT2D eigenvalue weighted by molar-refractivity contribution is 6.31. The zero-order valence-electron chi connectivity index (χ0n) is 14.2. The van der Waals surface area contributed by atoms with Crippen LogP contribution in [-0.2, 0) is 17.8 Å². The maximum absolute atomic E-state index is 9.83. The number of hydrogen-bond donors (Lipinski definition) is 3. The molecule has 0 saturated carbocycles. The second kappa shape index (κ2) is 8.91. The number of nitrogens with two attached hydrogens (primary N) is 1. The van der Waals surface area contributed by atoms with Crippen LogP contribution in [0.2, 0.25) is 5.02 Å². The van der Waals surface area contributed by atoms with Crippen LogP contribution in [0.3, 0.4) is 0 Å². The molecule has 1 atom stereocenters. The van der Waals surface area contributed by atoms with Crippen LogP contribution in [0, 0.1) is 0 Å². The third kappa shape index (κ3) is 4.67. The van der Waals surface area contributed by atoms with Crippen LogP contribution < -0.4 is 11.1 Å². The fraction of sp³-hybridized carbons (Fsp3) is 0.353. The normalized spacial score (nSPS) is 12.5. The van der Waals surface area contributed by atoms with Crippen LogP contribution in [-0.4, -0.2) is 37.6 Å². The average Bonchev–Trinajstić information content (AvgIpc) is 3.05. The number of aliphatic hydroxyl groups is 1. The fourth-order valence-electron chi connectivity index (χ4n) is 2.54. The summed E-state index contributed by atoms with van der Waals surface area (Å²) in [6.07, 6.45) is 3.74. The molecule has 1 unspecified atom stereocenters. The van der Waals surface area contributed by atoms with Crippen molar-refractivity contribution in [2.75, 3.05) is 12.3 Å². The summed E-state index contributed by atoms with van der Waals surface area (Å²) in [4.78, 5) is 12.4. The number of benzene rings is 1. The van der Waals surface area contributed by atoms with Crippen molar-refractivity contribution in [1.29, 1.82) is 0 Å². The molecule has 4 N–H and O–H groups in total. The van der Waals surface area contributed by atoms with E-state index in [1.165, 1.54) is 6.33 Å². The van der Waals surface area contributed by atoms with Gasteiger partial charge in [-0.3, -0.25) is 5.32 Å². The average molecular weight is 377 g/mol. The number of nitrogens with one attached hydrogen (secondary N) is 1. The maximum Gasteiger partial charge on any atom is 0.213 e. The van der Waals surface area contributed by atoms with Gasteiger partial charge in [-0.1, -0.05) is 29.8 Å². The third-order valence-corrected chi connectivity index (χ3v) is 4.29. The smallest absolute Gasteiger partial charge is 0.213 e. The molecule has 0 aliphatic rings. The molecule has 2 aromatic heterocycles. The van der Waals surface area contributed by atoms with Crippen molar-refractivity contribution in [2.45, 2.75) is 32.3 Å².